The van der Waals surface area contributed by atoms with Crippen molar-refractivity contribution in [2.45, 2.75) is 33.2 Å². The summed E-state index contributed by atoms with van der Waals surface area (Å²) in [6.07, 6.45) is 5.34. The highest BCUT2D eigenvalue weighted by Gasteiger charge is 2.43. The molecular formula is C11H17NO2. The fourth-order valence-electron chi connectivity index (χ4n) is 2.25. The Hall–Kier alpha value is -1.17. The number of carbonyl (C=O) groups is 1. The zero-order chi connectivity index (χ0) is 10.9. The minimum absolute atomic E-state index is 0.0509. The van der Waals surface area contributed by atoms with Gasteiger partial charge in [0.15, 0.2) is 0 Å². The third-order valence-electron chi connectivity index (χ3n) is 2.74. The quantitative estimate of drug-likeness (QED) is 0.601. The molecule has 0 aromatic carbocycles. The highest BCUT2D eigenvalue weighted by Crippen LogP contribution is 2.36. The second-order valence-electron chi connectivity index (χ2n) is 4.85. The molecule has 0 saturated carbocycles. The maximum Gasteiger partial charge on any atom is 0.407 e. The Morgan fingerprint density at radius 3 is 2.50 bits per heavy atom. The Morgan fingerprint density at radius 2 is 2.14 bits per heavy atom. The number of rotatable bonds is 0. The van der Waals surface area contributed by atoms with Crippen LogP contribution in [0.1, 0.15) is 27.2 Å². The predicted molar refractivity (Wildman–Crippen MR) is 54.9 cm³/mol. The molecule has 0 radical (unpaired) electrons. The van der Waals surface area contributed by atoms with Crippen molar-refractivity contribution in [3.8, 4) is 12.3 Å². The van der Waals surface area contributed by atoms with Crippen LogP contribution in [-0.4, -0.2) is 28.7 Å². The Bertz CT molecular complexity index is 272. The first-order chi connectivity index (χ1) is 6.38. The third-order valence-corrected chi connectivity index (χ3v) is 2.74. The molecule has 0 bridgehead atoms. The van der Waals surface area contributed by atoms with E-state index in [9.17, 15) is 4.79 Å². The molecule has 14 heavy (non-hydrogen) atoms. The number of amides is 1. The van der Waals surface area contributed by atoms with Crippen molar-refractivity contribution in [3.05, 3.63) is 0 Å². The van der Waals surface area contributed by atoms with Gasteiger partial charge in [0, 0.05) is 12.5 Å². The number of likely N-dealkylation sites (tertiary alicyclic amines) is 1. The Kier molecular flexibility index (Phi) is 2.75. The van der Waals surface area contributed by atoms with Gasteiger partial charge in [-0.1, -0.05) is 20.8 Å². The van der Waals surface area contributed by atoms with Crippen LogP contribution in [0.25, 0.3) is 0 Å². The first-order valence-corrected chi connectivity index (χ1v) is 4.83. The molecule has 1 N–H and O–H groups in total. The fourth-order valence-corrected chi connectivity index (χ4v) is 2.25. The van der Waals surface area contributed by atoms with Gasteiger partial charge in [-0.25, -0.2) is 4.79 Å². The largest absolute Gasteiger partial charge is 0.465 e. The lowest BCUT2D eigenvalue weighted by Gasteiger charge is -2.35. The molecule has 1 rings (SSSR count). The molecule has 1 fully saturated rings. The minimum Gasteiger partial charge on any atom is -0.465 e. The number of terminal acetylenes is 1. The fraction of sp³-hybridized carbons (Fsp3) is 0.727. The summed E-state index contributed by atoms with van der Waals surface area (Å²) in [5.41, 5.74) is -0.0913. The lowest BCUT2D eigenvalue weighted by Crippen LogP contribution is -2.45. The Morgan fingerprint density at radius 1 is 1.57 bits per heavy atom. The van der Waals surface area contributed by atoms with E-state index in [4.69, 9.17) is 11.5 Å². The normalized spacial score (nSPS) is 27.4. The van der Waals surface area contributed by atoms with Crippen molar-refractivity contribution < 1.29 is 9.90 Å². The average Bonchev–Trinajstić information content (AvgIpc) is 2.45. The Labute approximate surface area is 85.1 Å². The molecule has 1 aliphatic rings. The van der Waals surface area contributed by atoms with Gasteiger partial charge in [-0.15, -0.1) is 12.3 Å². The molecule has 1 amide bonds. The van der Waals surface area contributed by atoms with E-state index in [0.29, 0.717) is 6.54 Å². The van der Waals surface area contributed by atoms with Crippen molar-refractivity contribution in [2.75, 3.05) is 6.54 Å². The lowest BCUT2D eigenvalue weighted by atomic mass is 9.80. The second kappa shape index (κ2) is 3.53. The number of nitrogens with zero attached hydrogens (tertiary/aromatic N) is 1. The molecule has 1 aliphatic heterocycles. The van der Waals surface area contributed by atoms with Gasteiger partial charge in [0.05, 0.1) is 6.04 Å². The van der Waals surface area contributed by atoms with E-state index in [0.717, 1.165) is 6.42 Å². The SMILES string of the molecule is C#CC1CCN(C(=O)O)C1C(C)(C)C. The summed E-state index contributed by atoms with van der Waals surface area (Å²) in [6.45, 7) is 6.65. The van der Waals surface area contributed by atoms with Gasteiger partial charge < -0.3 is 10.0 Å². The van der Waals surface area contributed by atoms with E-state index in [-0.39, 0.29) is 17.4 Å². The summed E-state index contributed by atoms with van der Waals surface area (Å²) in [5.74, 6) is 2.76. The first kappa shape index (κ1) is 10.9. The van der Waals surface area contributed by atoms with Crippen molar-refractivity contribution >= 4 is 6.09 Å². The van der Waals surface area contributed by atoms with Gasteiger partial charge in [-0.2, -0.15) is 0 Å². The molecule has 1 heterocycles. The van der Waals surface area contributed by atoms with Gasteiger partial charge in [0.25, 0.3) is 0 Å². The van der Waals surface area contributed by atoms with E-state index in [1.807, 2.05) is 20.8 Å². The third kappa shape index (κ3) is 1.84. The van der Waals surface area contributed by atoms with Gasteiger partial charge in [-0.3, -0.25) is 0 Å². The number of hydrogen-bond donors (Lipinski definition) is 1. The maximum atomic E-state index is 11.0. The van der Waals surface area contributed by atoms with Crippen LogP contribution in [-0.2, 0) is 0 Å². The van der Waals surface area contributed by atoms with Crippen molar-refractivity contribution in [1.29, 1.82) is 0 Å². The Balaban J connectivity index is 2.93. The predicted octanol–water partition coefficient (Wildman–Crippen LogP) is 2.03. The molecule has 3 nitrogen and oxygen atoms in total. The van der Waals surface area contributed by atoms with Crippen molar-refractivity contribution in [3.63, 3.8) is 0 Å². The molecule has 1 saturated heterocycles. The number of hydrogen-bond acceptors (Lipinski definition) is 1. The van der Waals surface area contributed by atoms with Gasteiger partial charge in [0.1, 0.15) is 0 Å². The van der Waals surface area contributed by atoms with E-state index in [1.54, 1.807) is 0 Å². The molecule has 2 atom stereocenters. The van der Waals surface area contributed by atoms with Crippen LogP contribution in [0.15, 0.2) is 0 Å². The summed E-state index contributed by atoms with van der Waals surface area (Å²) >= 11 is 0. The zero-order valence-corrected chi connectivity index (χ0v) is 8.95. The van der Waals surface area contributed by atoms with E-state index in [1.165, 1.54) is 4.90 Å². The van der Waals surface area contributed by atoms with Crippen LogP contribution < -0.4 is 0 Å². The molecule has 0 aliphatic carbocycles. The van der Waals surface area contributed by atoms with Crippen LogP contribution in [0.2, 0.25) is 0 Å². The second-order valence-corrected chi connectivity index (χ2v) is 4.85. The van der Waals surface area contributed by atoms with Crippen LogP contribution in [0.5, 0.6) is 0 Å². The molecule has 2 unspecified atom stereocenters. The lowest BCUT2D eigenvalue weighted by molar-refractivity contribution is 0.0989. The summed E-state index contributed by atoms with van der Waals surface area (Å²) in [6, 6.07) is -0.0509. The molecule has 0 aromatic heterocycles. The van der Waals surface area contributed by atoms with E-state index < -0.39 is 6.09 Å². The molecule has 0 spiro atoms. The molecule has 78 valence electrons. The van der Waals surface area contributed by atoms with Crippen molar-refractivity contribution in [1.82, 2.24) is 4.90 Å². The van der Waals surface area contributed by atoms with Crippen LogP contribution in [0.3, 0.4) is 0 Å². The standard InChI is InChI=1S/C11H17NO2/c1-5-8-6-7-12(10(13)14)9(8)11(2,3)4/h1,8-9H,6-7H2,2-4H3,(H,13,14). The van der Waals surface area contributed by atoms with E-state index >= 15 is 0 Å². The summed E-state index contributed by atoms with van der Waals surface area (Å²) in [4.78, 5) is 12.5. The van der Waals surface area contributed by atoms with Gasteiger partial charge in [0.2, 0.25) is 0 Å². The first-order valence-electron chi connectivity index (χ1n) is 4.83. The molecule has 0 aromatic rings. The summed E-state index contributed by atoms with van der Waals surface area (Å²) in [7, 11) is 0. The average molecular weight is 195 g/mol. The summed E-state index contributed by atoms with van der Waals surface area (Å²) in [5, 5.41) is 9.02. The zero-order valence-electron chi connectivity index (χ0n) is 8.95. The van der Waals surface area contributed by atoms with Crippen LogP contribution in [0, 0.1) is 23.7 Å². The van der Waals surface area contributed by atoms with Crippen LogP contribution in [0.4, 0.5) is 4.79 Å². The maximum absolute atomic E-state index is 11.0. The monoisotopic (exact) mass is 195 g/mol. The van der Waals surface area contributed by atoms with Crippen molar-refractivity contribution in [2.24, 2.45) is 11.3 Å². The van der Waals surface area contributed by atoms with E-state index in [2.05, 4.69) is 5.92 Å². The minimum atomic E-state index is -0.859. The van der Waals surface area contributed by atoms with Gasteiger partial charge >= 0.3 is 6.09 Å². The van der Waals surface area contributed by atoms with Crippen LogP contribution >= 0.6 is 0 Å². The smallest absolute Gasteiger partial charge is 0.407 e. The molecular weight excluding hydrogens is 178 g/mol. The number of carboxylic acid groups (broad SMARTS) is 1. The molecule has 3 heteroatoms. The highest BCUT2D eigenvalue weighted by molar-refractivity contribution is 5.66. The topological polar surface area (TPSA) is 40.5 Å². The van der Waals surface area contributed by atoms with Gasteiger partial charge in [-0.05, 0) is 11.8 Å². The summed E-state index contributed by atoms with van der Waals surface area (Å²) < 4.78 is 0. The highest BCUT2D eigenvalue weighted by atomic mass is 16.4.